The molecule has 0 unspecified atom stereocenters. The Labute approximate surface area is 161 Å². The summed E-state index contributed by atoms with van der Waals surface area (Å²) in [6.45, 7) is 3.13. The van der Waals surface area contributed by atoms with Gasteiger partial charge in [0, 0.05) is 33.0 Å². The van der Waals surface area contributed by atoms with Crippen molar-refractivity contribution >= 4 is 39.9 Å². The van der Waals surface area contributed by atoms with Crippen LogP contribution in [0.4, 0.5) is 15.8 Å². The SMILES string of the molecule is CCCCNCSc1cc(NC(=O)c2cc3cc(F)ccc3[nH]2)ccc1N. The van der Waals surface area contributed by atoms with Crippen molar-refractivity contribution in [2.75, 3.05) is 23.5 Å². The smallest absolute Gasteiger partial charge is 0.272 e. The molecule has 1 amide bonds. The maximum atomic E-state index is 13.3. The van der Waals surface area contributed by atoms with Crippen LogP contribution in [0, 0.1) is 5.82 Å². The van der Waals surface area contributed by atoms with Crippen LogP contribution in [0.5, 0.6) is 0 Å². The van der Waals surface area contributed by atoms with Gasteiger partial charge in [0.15, 0.2) is 0 Å². The number of nitrogen functional groups attached to an aromatic ring is 1. The number of aromatic nitrogens is 1. The average Bonchev–Trinajstić information content (AvgIpc) is 3.07. The van der Waals surface area contributed by atoms with Crippen LogP contribution in [-0.2, 0) is 0 Å². The minimum absolute atomic E-state index is 0.284. The van der Waals surface area contributed by atoms with Crippen LogP contribution in [-0.4, -0.2) is 23.3 Å². The predicted molar refractivity (Wildman–Crippen MR) is 111 cm³/mol. The lowest BCUT2D eigenvalue weighted by molar-refractivity contribution is 0.102. The first-order chi connectivity index (χ1) is 13.1. The summed E-state index contributed by atoms with van der Waals surface area (Å²) < 4.78 is 13.3. The zero-order chi connectivity index (χ0) is 19.2. The highest BCUT2D eigenvalue weighted by atomic mass is 32.2. The normalized spacial score (nSPS) is 11.0. The van der Waals surface area contributed by atoms with E-state index in [4.69, 9.17) is 5.73 Å². The molecule has 5 nitrogen and oxygen atoms in total. The fraction of sp³-hybridized carbons (Fsp3) is 0.250. The Bertz CT molecular complexity index is 941. The van der Waals surface area contributed by atoms with E-state index in [0.29, 0.717) is 28.0 Å². The molecule has 0 spiro atoms. The third-order valence-electron chi connectivity index (χ3n) is 4.14. The van der Waals surface area contributed by atoms with E-state index in [0.717, 1.165) is 30.2 Å². The van der Waals surface area contributed by atoms with Crippen LogP contribution in [0.2, 0.25) is 0 Å². The number of nitrogens with one attached hydrogen (secondary N) is 3. The number of amides is 1. The number of nitrogens with two attached hydrogens (primary N) is 1. The number of rotatable bonds is 8. The maximum absolute atomic E-state index is 13.3. The summed E-state index contributed by atoms with van der Waals surface area (Å²) in [5, 5.41) is 6.87. The standard InChI is InChI=1S/C20H23FN4OS/c1-2-3-8-23-12-27-19-11-15(5-6-16(19)22)24-20(26)18-10-13-9-14(21)4-7-17(13)25-18/h4-7,9-11,23,25H,2-3,8,12,22H2,1H3,(H,24,26). The van der Waals surface area contributed by atoms with Gasteiger partial charge in [-0.1, -0.05) is 13.3 Å². The number of benzene rings is 2. The summed E-state index contributed by atoms with van der Waals surface area (Å²) in [7, 11) is 0. The van der Waals surface area contributed by atoms with E-state index in [1.807, 2.05) is 6.07 Å². The Hall–Kier alpha value is -2.51. The molecule has 7 heteroatoms. The molecule has 142 valence electrons. The highest BCUT2D eigenvalue weighted by Gasteiger charge is 2.11. The summed E-state index contributed by atoms with van der Waals surface area (Å²) >= 11 is 1.60. The number of anilines is 2. The van der Waals surface area contributed by atoms with Crippen molar-refractivity contribution in [1.29, 1.82) is 0 Å². The number of halogens is 1. The lowest BCUT2D eigenvalue weighted by Crippen LogP contribution is -2.14. The first kappa shape index (κ1) is 19.3. The van der Waals surface area contributed by atoms with Crippen LogP contribution < -0.4 is 16.4 Å². The van der Waals surface area contributed by atoms with E-state index >= 15 is 0 Å². The number of hydrogen-bond acceptors (Lipinski definition) is 4. The monoisotopic (exact) mass is 386 g/mol. The summed E-state index contributed by atoms with van der Waals surface area (Å²) in [5.41, 5.74) is 8.47. The lowest BCUT2D eigenvalue weighted by Gasteiger charge is -2.10. The van der Waals surface area contributed by atoms with Crippen LogP contribution >= 0.6 is 11.8 Å². The van der Waals surface area contributed by atoms with Crippen molar-refractivity contribution in [2.24, 2.45) is 0 Å². The van der Waals surface area contributed by atoms with Crippen molar-refractivity contribution in [3.8, 4) is 0 Å². The molecule has 0 saturated carbocycles. The molecule has 0 atom stereocenters. The number of H-pyrrole nitrogens is 1. The van der Waals surface area contributed by atoms with Gasteiger partial charge in [-0.3, -0.25) is 4.79 Å². The molecule has 27 heavy (non-hydrogen) atoms. The van der Waals surface area contributed by atoms with Crippen LogP contribution in [0.25, 0.3) is 10.9 Å². The molecule has 3 rings (SSSR count). The molecule has 0 saturated heterocycles. The van der Waals surface area contributed by atoms with E-state index in [1.165, 1.54) is 12.1 Å². The third-order valence-corrected chi connectivity index (χ3v) is 5.15. The van der Waals surface area contributed by atoms with Gasteiger partial charge in [-0.25, -0.2) is 4.39 Å². The molecule has 0 aliphatic carbocycles. The first-order valence-corrected chi connectivity index (χ1v) is 9.88. The van der Waals surface area contributed by atoms with Crippen LogP contribution in [0.15, 0.2) is 47.4 Å². The zero-order valence-corrected chi connectivity index (χ0v) is 16.0. The van der Waals surface area contributed by atoms with Gasteiger partial charge < -0.3 is 21.4 Å². The first-order valence-electron chi connectivity index (χ1n) is 8.89. The topological polar surface area (TPSA) is 82.9 Å². The number of carbonyl (C=O) groups is 1. The number of carbonyl (C=O) groups excluding carboxylic acids is 1. The van der Waals surface area contributed by atoms with Gasteiger partial charge >= 0.3 is 0 Å². The largest absolute Gasteiger partial charge is 0.398 e. The Morgan fingerprint density at radius 3 is 2.89 bits per heavy atom. The second kappa shape index (κ2) is 8.92. The maximum Gasteiger partial charge on any atom is 0.272 e. The Morgan fingerprint density at radius 1 is 1.22 bits per heavy atom. The highest BCUT2D eigenvalue weighted by molar-refractivity contribution is 7.99. The molecule has 1 aromatic heterocycles. The third kappa shape index (κ3) is 5.02. The fourth-order valence-electron chi connectivity index (χ4n) is 2.66. The number of unbranched alkanes of at least 4 members (excludes halogenated alkanes) is 1. The summed E-state index contributed by atoms with van der Waals surface area (Å²) in [4.78, 5) is 16.4. The van der Waals surface area contributed by atoms with Crippen molar-refractivity contribution in [3.05, 3.63) is 54.0 Å². The number of aromatic amines is 1. The Kier molecular flexibility index (Phi) is 6.36. The molecule has 0 aliphatic rings. The average molecular weight is 386 g/mol. The second-order valence-corrected chi connectivity index (χ2v) is 7.28. The molecular weight excluding hydrogens is 363 g/mol. The second-order valence-electron chi connectivity index (χ2n) is 6.26. The molecule has 5 N–H and O–H groups in total. The van der Waals surface area contributed by atoms with Gasteiger partial charge in [-0.15, -0.1) is 11.8 Å². The molecule has 1 heterocycles. The highest BCUT2D eigenvalue weighted by Crippen LogP contribution is 2.28. The molecule has 3 aromatic rings. The number of hydrogen-bond donors (Lipinski definition) is 4. The zero-order valence-electron chi connectivity index (χ0n) is 15.1. The van der Waals surface area contributed by atoms with E-state index < -0.39 is 0 Å². The van der Waals surface area contributed by atoms with Crippen molar-refractivity contribution in [1.82, 2.24) is 10.3 Å². The van der Waals surface area contributed by atoms with Crippen molar-refractivity contribution < 1.29 is 9.18 Å². The van der Waals surface area contributed by atoms with E-state index in [9.17, 15) is 9.18 Å². The quantitative estimate of drug-likeness (QED) is 0.198. The molecule has 0 radical (unpaired) electrons. The van der Waals surface area contributed by atoms with Gasteiger partial charge in [0.1, 0.15) is 11.5 Å². The minimum Gasteiger partial charge on any atom is -0.398 e. The molecule has 0 bridgehead atoms. The summed E-state index contributed by atoms with van der Waals surface area (Å²) in [5.74, 6) is 0.143. The lowest BCUT2D eigenvalue weighted by atomic mass is 10.2. The molecule has 0 aliphatic heterocycles. The van der Waals surface area contributed by atoms with Gasteiger partial charge in [0.05, 0.1) is 0 Å². The van der Waals surface area contributed by atoms with Gasteiger partial charge in [0.2, 0.25) is 0 Å². The van der Waals surface area contributed by atoms with Crippen LogP contribution in [0.1, 0.15) is 30.3 Å². The predicted octanol–water partition coefficient (Wildman–Crippen LogP) is 4.58. The Morgan fingerprint density at radius 2 is 2.07 bits per heavy atom. The van der Waals surface area contributed by atoms with Gasteiger partial charge in [0.25, 0.3) is 5.91 Å². The minimum atomic E-state index is -0.332. The van der Waals surface area contributed by atoms with E-state index in [2.05, 4.69) is 22.5 Å². The van der Waals surface area contributed by atoms with Crippen molar-refractivity contribution in [3.63, 3.8) is 0 Å². The Balaban J connectivity index is 1.66. The van der Waals surface area contributed by atoms with Crippen LogP contribution in [0.3, 0.4) is 0 Å². The van der Waals surface area contributed by atoms with Crippen molar-refractivity contribution in [2.45, 2.75) is 24.7 Å². The van der Waals surface area contributed by atoms with E-state index in [-0.39, 0.29) is 11.7 Å². The fourth-order valence-corrected chi connectivity index (χ4v) is 3.51. The van der Waals surface area contributed by atoms with Gasteiger partial charge in [-0.05, 0) is 55.4 Å². The van der Waals surface area contributed by atoms with Gasteiger partial charge in [-0.2, -0.15) is 0 Å². The molecule has 2 aromatic carbocycles. The summed E-state index contributed by atoms with van der Waals surface area (Å²) in [6, 6.07) is 11.4. The van der Waals surface area contributed by atoms with E-state index in [1.54, 1.807) is 36.0 Å². The number of thioether (sulfide) groups is 1. The summed E-state index contributed by atoms with van der Waals surface area (Å²) in [6.07, 6.45) is 2.29. The molecule has 0 fully saturated rings. The number of fused-ring (bicyclic) bond motifs is 1. The molecular formula is C20H23FN4OS.